The van der Waals surface area contributed by atoms with E-state index in [4.69, 9.17) is 0 Å². The van der Waals surface area contributed by atoms with E-state index in [1.54, 1.807) is 24.3 Å². The number of amides is 3. The molecule has 0 aliphatic carbocycles. The number of nitrogens with zero attached hydrogens (tertiary/aromatic N) is 1. The minimum atomic E-state index is -1.52. The number of anilines is 1. The summed E-state index contributed by atoms with van der Waals surface area (Å²) in [5, 5.41) is 15.7. The lowest BCUT2D eigenvalue weighted by atomic mass is 9.76. The van der Waals surface area contributed by atoms with Crippen LogP contribution in [0.4, 0.5) is 10.1 Å². The molecule has 3 aliphatic heterocycles. The molecule has 166 valence electrons. The maximum Gasteiger partial charge on any atom is 0.250 e. The number of likely N-dealkylation sites (tertiary alicyclic amines) is 1. The molecule has 0 bridgehead atoms. The van der Waals surface area contributed by atoms with Gasteiger partial charge in [0.15, 0.2) is 0 Å². The SMILES string of the molecule is CC[C@H](C)N1C(=O)[C@H]2[C@@H](C1=O)[C@]1(N[C@@H]2Cc2ccc(O)cc2)C(=O)Nc2ccc(F)cc21. The summed E-state index contributed by atoms with van der Waals surface area (Å²) >= 11 is 0. The number of imide groups is 1. The third-order valence-corrected chi connectivity index (χ3v) is 7.13. The standard InChI is InChI=1S/C24H24FN3O4/c1-3-12(2)28-21(30)19-18(10-13-4-7-15(29)8-5-13)27-24(20(19)22(28)31)16-11-14(25)6-9-17(16)26-23(24)32/h4-9,11-12,18-20,27,29H,3,10H2,1-2H3,(H,26,32)/t12-,18+,19+,20-,24-/m0/s1. The Morgan fingerprint density at radius 2 is 1.84 bits per heavy atom. The second-order valence-electron chi connectivity index (χ2n) is 8.88. The maximum atomic E-state index is 14.2. The van der Waals surface area contributed by atoms with Crippen molar-refractivity contribution in [2.45, 2.75) is 44.3 Å². The predicted molar refractivity (Wildman–Crippen MR) is 114 cm³/mol. The van der Waals surface area contributed by atoms with Crippen LogP contribution in [0.15, 0.2) is 42.5 Å². The number of nitrogens with one attached hydrogen (secondary N) is 2. The third-order valence-electron chi connectivity index (χ3n) is 7.13. The topological polar surface area (TPSA) is 98.7 Å². The summed E-state index contributed by atoms with van der Waals surface area (Å²) in [5.74, 6) is -3.28. The third kappa shape index (κ3) is 2.72. The highest BCUT2D eigenvalue weighted by Crippen LogP contribution is 2.53. The Morgan fingerprint density at radius 3 is 2.53 bits per heavy atom. The van der Waals surface area contributed by atoms with E-state index in [2.05, 4.69) is 10.6 Å². The first kappa shape index (κ1) is 20.6. The molecule has 7 nitrogen and oxygen atoms in total. The first-order valence-corrected chi connectivity index (χ1v) is 10.8. The number of rotatable bonds is 4. The van der Waals surface area contributed by atoms with Gasteiger partial charge in [-0.3, -0.25) is 24.6 Å². The van der Waals surface area contributed by atoms with Gasteiger partial charge in [-0.05, 0) is 55.7 Å². The molecule has 3 amide bonds. The monoisotopic (exact) mass is 437 g/mol. The Kier molecular flexibility index (Phi) is 4.60. The summed E-state index contributed by atoms with van der Waals surface area (Å²) in [6.07, 6.45) is 0.964. The van der Waals surface area contributed by atoms with E-state index < -0.39 is 41.0 Å². The molecular formula is C24H24FN3O4. The van der Waals surface area contributed by atoms with Gasteiger partial charge in [0, 0.05) is 23.3 Å². The van der Waals surface area contributed by atoms with E-state index in [-0.39, 0.29) is 17.7 Å². The normalized spacial score (nSPS) is 29.4. The van der Waals surface area contributed by atoms with Crippen molar-refractivity contribution in [2.24, 2.45) is 11.8 Å². The molecule has 2 aromatic rings. The summed E-state index contributed by atoms with van der Waals surface area (Å²) in [7, 11) is 0. The van der Waals surface area contributed by atoms with Crippen molar-refractivity contribution in [3.05, 3.63) is 59.4 Å². The summed E-state index contributed by atoms with van der Waals surface area (Å²) in [6.45, 7) is 3.71. The Balaban J connectivity index is 1.64. The summed E-state index contributed by atoms with van der Waals surface area (Å²) in [6, 6.07) is 9.78. The largest absolute Gasteiger partial charge is 0.508 e. The smallest absolute Gasteiger partial charge is 0.250 e. The van der Waals surface area contributed by atoms with Crippen LogP contribution >= 0.6 is 0 Å². The Morgan fingerprint density at radius 1 is 1.12 bits per heavy atom. The lowest BCUT2D eigenvalue weighted by Crippen LogP contribution is -2.54. The van der Waals surface area contributed by atoms with Crippen LogP contribution in [0.3, 0.4) is 0 Å². The maximum absolute atomic E-state index is 14.2. The number of carbonyl (C=O) groups excluding carboxylic acids is 3. The number of benzene rings is 2. The van der Waals surface area contributed by atoms with E-state index in [0.29, 0.717) is 24.1 Å². The zero-order valence-electron chi connectivity index (χ0n) is 17.8. The quantitative estimate of drug-likeness (QED) is 0.638. The molecule has 0 unspecified atom stereocenters. The molecule has 0 radical (unpaired) electrons. The predicted octanol–water partition coefficient (Wildman–Crippen LogP) is 2.29. The van der Waals surface area contributed by atoms with Gasteiger partial charge in [-0.15, -0.1) is 0 Å². The summed E-state index contributed by atoms with van der Waals surface area (Å²) in [4.78, 5) is 41.7. The van der Waals surface area contributed by atoms with Gasteiger partial charge in [0.25, 0.3) is 0 Å². The van der Waals surface area contributed by atoms with E-state index in [9.17, 15) is 23.9 Å². The molecule has 0 aromatic heterocycles. The van der Waals surface area contributed by atoms with Crippen molar-refractivity contribution < 1.29 is 23.9 Å². The minimum Gasteiger partial charge on any atom is -0.508 e. The number of hydrogen-bond acceptors (Lipinski definition) is 5. The second kappa shape index (κ2) is 7.13. The fraction of sp³-hybridized carbons (Fsp3) is 0.375. The van der Waals surface area contributed by atoms with Crippen LogP contribution in [0.25, 0.3) is 0 Å². The van der Waals surface area contributed by atoms with Crippen molar-refractivity contribution in [2.75, 3.05) is 5.32 Å². The van der Waals surface area contributed by atoms with E-state index in [1.165, 1.54) is 23.1 Å². The molecule has 3 heterocycles. The first-order valence-electron chi connectivity index (χ1n) is 10.8. The van der Waals surface area contributed by atoms with Gasteiger partial charge < -0.3 is 10.4 Å². The lowest BCUT2D eigenvalue weighted by molar-refractivity contribution is -0.145. The van der Waals surface area contributed by atoms with Gasteiger partial charge in [0.05, 0.1) is 11.8 Å². The van der Waals surface area contributed by atoms with Crippen molar-refractivity contribution in [3.63, 3.8) is 0 Å². The molecule has 2 aromatic carbocycles. The van der Waals surface area contributed by atoms with Gasteiger partial charge in [-0.25, -0.2) is 4.39 Å². The molecule has 8 heteroatoms. The van der Waals surface area contributed by atoms with E-state index in [1.807, 2.05) is 13.8 Å². The van der Waals surface area contributed by atoms with Crippen molar-refractivity contribution >= 4 is 23.4 Å². The van der Waals surface area contributed by atoms with Crippen molar-refractivity contribution in [3.8, 4) is 5.75 Å². The Bertz CT molecular complexity index is 1130. The minimum absolute atomic E-state index is 0.122. The first-order chi connectivity index (χ1) is 15.3. The fourth-order valence-corrected chi connectivity index (χ4v) is 5.47. The average molecular weight is 437 g/mol. The zero-order valence-corrected chi connectivity index (χ0v) is 17.8. The Labute approximate surface area is 184 Å². The second-order valence-corrected chi connectivity index (χ2v) is 8.88. The van der Waals surface area contributed by atoms with Crippen molar-refractivity contribution in [1.82, 2.24) is 10.2 Å². The van der Waals surface area contributed by atoms with Gasteiger partial charge in [0.2, 0.25) is 17.7 Å². The van der Waals surface area contributed by atoms with Crippen LogP contribution in [0.1, 0.15) is 31.4 Å². The number of hydrogen-bond donors (Lipinski definition) is 3. The Hall–Kier alpha value is -3.26. The molecule has 3 N–H and O–H groups in total. The molecule has 0 saturated carbocycles. The summed E-state index contributed by atoms with van der Waals surface area (Å²) in [5.41, 5.74) is 0.128. The highest BCUT2D eigenvalue weighted by Gasteiger charge is 2.70. The molecule has 5 rings (SSSR count). The van der Waals surface area contributed by atoms with E-state index >= 15 is 0 Å². The van der Waals surface area contributed by atoms with Gasteiger partial charge >= 0.3 is 0 Å². The lowest BCUT2D eigenvalue weighted by Gasteiger charge is -2.31. The van der Waals surface area contributed by atoms with E-state index in [0.717, 1.165) is 5.56 Å². The molecule has 2 fully saturated rings. The van der Waals surface area contributed by atoms with Crippen molar-refractivity contribution in [1.29, 1.82) is 0 Å². The highest BCUT2D eigenvalue weighted by molar-refractivity contribution is 6.15. The van der Waals surface area contributed by atoms with Crippen LogP contribution in [-0.2, 0) is 26.3 Å². The average Bonchev–Trinajstić information content (AvgIpc) is 3.34. The molecule has 2 saturated heterocycles. The van der Waals surface area contributed by atoms with Crippen LogP contribution in [-0.4, -0.2) is 39.8 Å². The van der Waals surface area contributed by atoms with Gasteiger partial charge in [-0.1, -0.05) is 19.1 Å². The number of phenols is 1. The fourth-order valence-electron chi connectivity index (χ4n) is 5.47. The summed E-state index contributed by atoms with van der Waals surface area (Å²) < 4.78 is 14.2. The molecule has 1 spiro atoms. The molecule has 32 heavy (non-hydrogen) atoms. The molecule has 5 atom stereocenters. The highest BCUT2D eigenvalue weighted by atomic mass is 19.1. The van der Waals surface area contributed by atoms with Crippen LogP contribution in [0.5, 0.6) is 5.75 Å². The van der Waals surface area contributed by atoms with Crippen LogP contribution < -0.4 is 10.6 Å². The van der Waals surface area contributed by atoms with Gasteiger partial charge in [0.1, 0.15) is 17.1 Å². The molecule has 3 aliphatic rings. The number of carbonyl (C=O) groups is 3. The van der Waals surface area contributed by atoms with Gasteiger partial charge in [-0.2, -0.15) is 0 Å². The van der Waals surface area contributed by atoms with Crippen LogP contribution in [0.2, 0.25) is 0 Å². The number of aromatic hydroxyl groups is 1. The van der Waals surface area contributed by atoms with Crippen LogP contribution in [0, 0.1) is 17.7 Å². The number of fused-ring (bicyclic) bond motifs is 4. The zero-order chi connectivity index (χ0) is 22.8. The number of halogens is 1. The molecular weight excluding hydrogens is 413 g/mol. The number of phenolic OH excluding ortho intramolecular Hbond substituents is 1.